The number of nitrogens with zero attached hydrogens (tertiary/aromatic N) is 3. The van der Waals surface area contributed by atoms with Gasteiger partial charge in [-0.1, -0.05) is 0 Å². The summed E-state index contributed by atoms with van der Waals surface area (Å²) < 4.78 is 19.7. The Morgan fingerprint density at radius 3 is 2.46 bits per heavy atom. The van der Waals surface area contributed by atoms with Crippen LogP contribution in [0, 0.1) is 15.4 Å². The number of hydrogen-bond acceptors (Lipinski definition) is 6. The molecular weight excluding hydrogens is 585 g/mol. The number of benzene rings is 1. The molecule has 1 saturated heterocycles. The summed E-state index contributed by atoms with van der Waals surface area (Å²) >= 11 is 2.19. The Kier molecular flexibility index (Phi) is 7.44. The third kappa shape index (κ3) is 5.91. The van der Waals surface area contributed by atoms with E-state index in [1.54, 1.807) is 16.5 Å². The third-order valence-electron chi connectivity index (χ3n) is 7.35. The van der Waals surface area contributed by atoms with E-state index in [1.807, 2.05) is 45.0 Å². The molecule has 2 saturated carbocycles. The SMILES string of the molecule is CCOC(=O)c1c(I)c(-c2ccc(OC3CC4CC4C3)cc2)nn1[C@@H]1CCCN(C(=O)OC(C)(C)C)C1. The lowest BCUT2D eigenvalue weighted by atomic mass is 10.1. The summed E-state index contributed by atoms with van der Waals surface area (Å²) in [6.07, 6.45) is 5.29. The first kappa shape index (κ1) is 26.3. The molecule has 2 aromatic rings. The number of amides is 1. The van der Waals surface area contributed by atoms with Crippen LogP contribution in [0.5, 0.6) is 5.75 Å². The van der Waals surface area contributed by atoms with E-state index >= 15 is 0 Å². The Hall–Kier alpha value is -2.30. The van der Waals surface area contributed by atoms with Crippen molar-refractivity contribution in [1.82, 2.24) is 14.7 Å². The molecule has 0 spiro atoms. The van der Waals surface area contributed by atoms with Gasteiger partial charge in [-0.25, -0.2) is 9.59 Å². The van der Waals surface area contributed by atoms with Crippen LogP contribution < -0.4 is 4.74 Å². The first-order chi connectivity index (χ1) is 17.6. The number of rotatable bonds is 6. The molecule has 3 fully saturated rings. The quantitative estimate of drug-likeness (QED) is 0.287. The molecule has 2 aliphatic carbocycles. The van der Waals surface area contributed by atoms with E-state index in [2.05, 4.69) is 22.6 Å². The smallest absolute Gasteiger partial charge is 0.410 e. The predicted molar refractivity (Wildman–Crippen MR) is 148 cm³/mol. The summed E-state index contributed by atoms with van der Waals surface area (Å²) in [7, 11) is 0. The third-order valence-corrected chi connectivity index (χ3v) is 8.37. The van der Waals surface area contributed by atoms with E-state index < -0.39 is 11.6 Å². The molecule has 1 aromatic carbocycles. The van der Waals surface area contributed by atoms with Crippen LogP contribution in [0.2, 0.25) is 0 Å². The molecule has 8 nitrogen and oxygen atoms in total. The van der Waals surface area contributed by atoms with Gasteiger partial charge in [0.15, 0.2) is 5.69 Å². The van der Waals surface area contributed by atoms with Gasteiger partial charge in [0.2, 0.25) is 0 Å². The maximum atomic E-state index is 13.0. The molecule has 0 bridgehead atoms. The number of halogens is 1. The molecule has 5 rings (SSSR count). The van der Waals surface area contributed by atoms with Crippen molar-refractivity contribution in [3.8, 4) is 17.0 Å². The highest BCUT2D eigenvalue weighted by molar-refractivity contribution is 14.1. The van der Waals surface area contributed by atoms with Crippen LogP contribution in [0.1, 0.15) is 76.3 Å². The molecule has 200 valence electrons. The number of piperidine rings is 1. The Morgan fingerprint density at radius 2 is 1.81 bits per heavy atom. The molecule has 3 aliphatic rings. The number of aromatic nitrogens is 2. The number of esters is 1. The minimum Gasteiger partial charge on any atom is -0.490 e. The van der Waals surface area contributed by atoms with E-state index in [0.29, 0.717) is 24.9 Å². The second-order valence-corrected chi connectivity index (χ2v) is 12.5. The molecule has 2 unspecified atom stereocenters. The molecule has 2 heterocycles. The fourth-order valence-electron chi connectivity index (χ4n) is 5.53. The molecule has 1 aromatic heterocycles. The number of carbonyl (C=O) groups is 2. The largest absolute Gasteiger partial charge is 0.490 e. The predicted octanol–water partition coefficient (Wildman–Crippen LogP) is 6.08. The lowest BCUT2D eigenvalue weighted by Crippen LogP contribution is -2.44. The number of likely N-dealkylation sites (tertiary alicyclic amines) is 1. The van der Waals surface area contributed by atoms with Gasteiger partial charge >= 0.3 is 12.1 Å². The summed E-state index contributed by atoms with van der Waals surface area (Å²) in [4.78, 5) is 27.5. The van der Waals surface area contributed by atoms with Crippen LogP contribution >= 0.6 is 22.6 Å². The summed E-state index contributed by atoms with van der Waals surface area (Å²) in [5.74, 6) is 2.22. The minimum atomic E-state index is -0.567. The Morgan fingerprint density at radius 1 is 1.11 bits per heavy atom. The van der Waals surface area contributed by atoms with E-state index in [1.165, 1.54) is 19.3 Å². The Labute approximate surface area is 232 Å². The molecule has 0 radical (unpaired) electrons. The number of hydrogen-bond donors (Lipinski definition) is 0. The molecule has 9 heteroatoms. The first-order valence-corrected chi connectivity index (χ1v) is 14.4. The average Bonchev–Trinajstić information content (AvgIpc) is 3.30. The van der Waals surface area contributed by atoms with Gasteiger partial charge in [0.05, 0.1) is 22.3 Å². The summed E-state index contributed by atoms with van der Waals surface area (Å²) in [5.41, 5.74) is 1.50. The van der Waals surface area contributed by atoms with Crippen LogP contribution in [0.3, 0.4) is 0 Å². The van der Waals surface area contributed by atoms with Crippen LogP contribution in [0.4, 0.5) is 4.79 Å². The Balaban J connectivity index is 1.38. The maximum Gasteiger partial charge on any atom is 0.410 e. The van der Waals surface area contributed by atoms with Crippen molar-refractivity contribution in [1.29, 1.82) is 0 Å². The van der Waals surface area contributed by atoms with Crippen LogP contribution in [0.25, 0.3) is 11.3 Å². The summed E-state index contributed by atoms with van der Waals surface area (Å²) in [5, 5.41) is 4.91. The number of fused-ring (bicyclic) bond motifs is 1. The van der Waals surface area contributed by atoms with E-state index in [4.69, 9.17) is 19.3 Å². The highest BCUT2D eigenvalue weighted by Crippen LogP contribution is 2.52. The van der Waals surface area contributed by atoms with Crippen molar-refractivity contribution in [3.63, 3.8) is 0 Å². The lowest BCUT2D eigenvalue weighted by Gasteiger charge is -2.34. The molecular formula is C28H36IN3O5. The van der Waals surface area contributed by atoms with E-state index in [0.717, 1.165) is 45.3 Å². The molecule has 3 atom stereocenters. The van der Waals surface area contributed by atoms with Gasteiger partial charge in [-0.3, -0.25) is 4.68 Å². The van der Waals surface area contributed by atoms with E-state index in [9.17, 15) is 9.59 Å². The first-order valence-electron chi connectivity index (χ1n) is 13.3. The van der Waals surface area contributed by atoms with Gasteiger partial charge < -0.3 is 19.1 Å². The van der Waals surface area contributed by atoms with Crippen molar-refractivity contribution >= 4 is 34.7 Å². The standard InChI is InChI=1S/C28H36IN3O5/c1-5-35-26(33)25-23(29)24(17-8-10-21(11-9-17)36-22-14-18-13-19(18)15-22)30-32(25)20-7-6-12-31(16-20)27(34)37-28(2,3)4/h8-11,18-20,22H,5-7,12-16H2,1-4H3/t18?,19?,20-,22?/m1/s1. The second kappa shape index (κ2) is 10.5. The number of carbonyl (C=O) groups excluding carboxylic acids is 2. The highest BCUT2D eigenvalue weighted by Gasteiger charge is 2.46. The zero-order valence-electron chi connectivity index (χ0n) is 22.0. The second-order valence-electron chi connectivity index (χ2n) is 11.4. The van der Waals surface area contributed by atoms with Gasteiger partial charge in [-0.2, -0.15) is 5.10 Å². The van der Waals surface area contributed by atoms with Crippen molar-refractivity contribution < 1.29 is 23.8 Å². The zero-order chi connectivity index (χ0) is 26.3. The number of ether oxygens (including phenoxy) is 3. The van der Waals surface area contributed by atoms with E-state index in [-0.39, 0.29) is 18.7 Å². The fourth-order valence-corrected chi connectivity index (χ4v) is 6.42. The molecule has 1 amide bonds. The van der Waals surface area contributed by atoms with Crippen molar-refractivity contribution in [3.05, 3.63) is 33.5 Å². The lowest BCUT2D eigenvalue weighted by molar-refractivity contribution is 0.0165. The summed E-state index contributed by atoms with van der Waals surface area (Å²) in [6, 6.07) is 7.83. The van der Waals surface area contributed by atoms with Gasteiger partial charge in [0, 0.05) is 18.7 Å². The molecule has 0 N–H and O–H groups in total. The van der Waals surface area contributed by atoms with Crippen LogP contribution in [-0.4, -0.2) is 58.1 Å². The highest BCUT2D eigenvalue weighted by atomic mass is 127. The van der Waals surface area contributed by atoms with Crippen LogP contribution in [0.15, 0.2) is 24.3 Å². The van der Waals surface area contributed by atoms with Gasteiger partial charge in [-0.05, 0) is 118 Å². The van der Waals surface area contributed by atoms with Crippen molar-refractivity contribution in [2.24, 2.45) is 11.8 Å². The monoisotopic (exact) mass is 621 g/mol. The topological polar surface area (TPSA) is 82.9 Å². The van der Waals surface area contributed by atoms with Gasteiger partial charge in [0.25, 0.3) is 0 Å². The maximum absolute atomic E-state index is 13.0. The Bertz CT molecular complexity index is 1150. The van der Waals surface area contributed by atoms with Gasteiger partial charge in [0.1, 0.15) is 17.0 Å². The van der Waals surface area contributed by atoms with Crippen LogP contribution in [-0.2, 0) is 9.47 Å². The normalized spacial score (nSPS) is 24.9. The van der Waals surface area contributed by atoms with Crippen molar-refractivity contribution in [2.45, 2.75) is 77.5 Å². The van der Waals surface area contributed by atoms with Gasteiger partial charge in [-0.15, -0.1) is 0 Å². The summed E-state index contributed by atoms with van der Waals surface area (Å²) in [6.45, 7) is 8.70. The minimum absolute atomic E-state index is 0.153. The fraction of sp³-hybridized carbons (Fsp3) is 0.607. The zero-order valence-corrected chi connectivity index (χ0v) is 24.2. The average molecular weight is 622 g/mol. The molecule has 1 aliphatic heterocycles. The van der Waals surface area contributed by atoms with Crippen molar-refractivity contribution in [2.75, 3.05) is 19.7 Å². The molecule has 37 heavy (non-hydrogen) atoms.